The number of hydrogen-bond acceptors (Lipinski definition) is 1. The molecule has 0 unspecified atom stereocenters. The van der Waals surface area contributed by atoms with Gasteiger partial charge in [-0.3, -0.25) is 0 Å². The Morgan fingerprint density at radius 2 is 1.37 bits per heavy atom. The van der Waals surface area contributed by atoms with E-state index in [4.69, 9.17) is 16.6 Å². The van der Waals surface area contributed by atoms with E-state index < -0.39 is 0 Å². The molecule has 0 spiro atoms. The third-order valence-corrected chi connectivity index (χ3v) is 5.71. The van der Waals surface area contributed by atoms with Crippen LogP contribution < -0.4 is 0 Å². The van der Waals surface area contributed by atoms with Gasteiger partial charge in [0.1, 0.15) is 0 Å². The van der Waals surface area contributed by atoms with Crippen molar-refractivity contribution in [1.29, 1.82) is 0 Å². The summed E-state index contributed by atoms with van der Waals surface area (Å²) in [5.74, 6) is 0. The Hall–Kier alpha value is -3.16. The molecule has 1 aliphatic carbocycles. The van der Waals surface area contributed by atoms with Crippen LogP contribution in [0.25, 0.3) is 55.2 Å². The highest BCUT2D eigenvalue weighted by Crippen LogP contribution is 2.51. The molecule has 0 fully saturated rings. The van der Waals surface area contributed by atoms with Gasteiger partial charge in [-0.05, 0) is 40.1 Å². The molecule has 4 aromatic carbocycles. The predicted octanol–water partition coefficient (Wildman–Crippen LogP) is 7.36. The van der Waals surface area contributed by atoms with Gasteiger partial charge in [-0.2, -0.15) is 0 Å². The molecule has 1 heterocycles. The number of benzene rings is 4. The van der Waals surface area contributed by atoms with Crippen LogP contribution in [-0.4, -0.2) is 4.98 Å². The lowest BCUT2D eigenvalue weighted by molar-refractivity contribution is 1.42. The lowest BCUT2D eigenvalue weighted by Crippen LogP contribution is -1.92. The van der Waals surface area contributed by atoms with Gasteiger partial charge in [0, 0.05) is 27.1 Å². The average Bonchev–Trinajstić information content (AvgIpc) is 3.03. The first-order chi connectivity index (χ1) is 13.3. The summed E-state index contributed by atoms with van der Waals surface area (Å²) in [4.78, 5) is 5.07. The maximum Gasteiger partial charge on any atom is 0.0801 e. The Morgan fingerprint density at radius 1 is 0.630 bits per heavy atom. The smallest absolute Gasteiger partial charge is 0.0801 e. The first-order valence-electron chi connectivity index (χ1n) is 9.02. The largest absolute Gasteiger partial charge is 0.247 e. The van der Waals surface area contributed by atoms with Crippen LogP contribution in [0.15, 0.2) is 84.9 Å². The third kappa shape index (κ3) is 2.03. The summed E-state index contributed by atoms with van der Waals surface area (Å²) in [5.41, 5.74) is 8.20. The molecule has 0 radical (unpaired) electrons. The quantitative estimate of drug-likeness (QED) is 0.297. The number of rotatable bonds is 1. The Morgan fingerprint density at radius 3 is 2.19 bits per heavy atom. The van der Waals surface area contributed by atoms with Gasteiger partial charge in [-0.1, -0.05) is 78.3 Å². The molecule has 0 amide bonds. The second-order valence-corrected chi connectivity index (χ2v) is 7.38. The van der Waals surface area contributed by atoms with Crippen molar-refractivity contribution in [2.45, 2.75) is 0 Å². The summed E-state index contributed by atoms with van der Waals surface area (Å²) < 4.78 is 0. The predicted molar refractivity (Wildman–Crippen MR) is 114 cm³/mol. The van der Waals surface area contributed by atoms with Crippen molar-refractivity contribution in [2.24, 2.45) is 0 Å². The summed E-state index contributed by atoms with van der Waals surface area (Å²) in [6, 6.07) is 29.5. The van der Waals surface area contributed by atoms with Gasteiger partial charge in [0.2, 0.25) is 0 Å². The molecule has 0 bridgehead atoms. The van der Waals surface area contributed by atoms with E-state index in [-0.39, 0.29) is 0 Å². The SMILES string of the molecule is Clc1ccc(-c2c3c(nc4ccccc24)-c2cccc4cccc-3c24)cc1. The minimum Gasteiger partial charge on any atom is -0.247 e. The second-order valence-electron chi connectivity index (χ2n) is 6.94. The van der Waals surface area contributed by atoms with Crippen molar-refractivity contribution in [1.82, 2.24) is 4.98 Å². The van der Waals surface area contributed by atoms with Crippen LogP contribution in [0.1, 0.15) is 0 Å². The molecule has 2 heteroatoms. The van der Waals surface area contributed by atoms with Gasteiger partial charge in [0.05, 0.1) is 11.2 Å². The topological polar surface area (TPSA) is 12.9 Å². The van der Waals surface area contributed by atoms with E-state index in [2.05, 4.69) is 72.8 Å². The van der Waals surface area contributed by atoms with Crippen molar-refractivity contribution in [2.75, 3.05) is 0 Å². The number of aromatic nitrogens is 1. The van der Waals surface area contributed by atoms with Crippen LogP contribution in [0, 0.1) is 0 Å². The number of halogens is 1. The number of para-hydroxylation sites is 1. The maximum atomic E-state index is 6.16. The molecule has 0 N–H and O–H groups in total. The monoisotopic (exact) mass is 363 g/mol. The van der Waals surface area contributed by atoms with Gasteiger partial charge in [-0.15, -0.1) is 0 Å². The molecule has 1 aromatic heterocycles. The molecule has 5 aromatic rings. The Kier molecular flexibility index (Phi) is 3.00. The fourth-order valence-corrected chi connectivity index (χ4v) is 4.46. The zero-order chi connectivity index (χ0) is 18.0. The minimum absolute atomic E-state index is 0.749. The van der Waals surface area contributed by atoms with Crippen molar-refractivity contribution in [3.8, 4) is 33.5 Å². The molecular weight excluding hydrogens is 350 g/mol. The van der Waals surface area contributed by atoms with Crippen LogP contribution in [0.4, 0.5) is 0 Å². The first kappa shape index (κ1) is 15.0. The zero-order valence-electron chi connectivity index (χ0n) is 14.4. The molecule has 0 aliphatic heterocycles. The number of nitrogens with zero attached hydrogens (tertiary/aromatic N) is 1. The normalized spacial score (nSPS) is 11.9. The summed E-state index contributed by atoms with van der Waals surface area (Å²) in [7, 11) is 0. The maximum absolute atomic E-state index is 6.16. The van der Waals surface area contributed by atoms with Gasteiger partial charge < -0.3 is 0 Å². The summed E-state index contributed by atoms with van der Waals surface area (Å²) in [6.07, 6.45) is 0. The van der Waals surface area contributed by atoms with Crippen LogP contribution in [0.5, 0.6) is 0 Å². The van der Waals surface area contributed by atoms with Crippen LogP contribution >= 0.6 is 11.6 Å². The van der Waals surface area contributed by atoms with E-state index in [9.17, 15) is 0 Å². The average molecular weight is 364 g/mol. The Bertz CT molecular complexity index is 1360. The molecular formula is C25H14ClN. The molecule has 126 valence electrons. The molecule has 6 rings (SSSR count). The van der Waals surface area contributed by atoms with Crippen LogP contribution in [0.3, 0.4) is 0 Å². The van der Waals surface area contributed by atoms with E-state index in [1.807, 2.05) is 12.1 Å². The highest BCUT2D eigenvalue weighted by atomic mass is 35.5. The second kappa shape index (κ2) is 5.42. The van der Waals surface area contributed by atoms with E-state index in [1.165, 1.54) is 44.0 Å². The van der Waals surface area contributed by atoms with Crippen LogP contribution in [0.2, 0.25) is 5.02 Å². The third-order valence-electron chi connectivity index (χ3n) is 5.45. The lowest BCUT2D eigenvalue weighted by atomic mass is 9.92. The van der Waals surface area contributed by atoms with Gasteiger partial charge in [0.15, 0.2) is 0 Å². The fourth-order valence-electron chi connectivity index (χ4n) is 4.33. The van der Waals surface area contributed by atoms with Crippen molar-refractivity contribution in [3.63, 3.8) is 0 Å². The fraction of sp³-hybridized carbons (Fsp3) is 0. The first-order valence-corrected chi connectivity index (χ1v) is 9.40. The summed E-state index contributed by atoms with van der Waals surface area (Å²) in [6.45, 7) is 0. The Balaban J connectivity index is 1.84. The van der Waals surface area contributed by atoms with Gasteiger partial charge >= 0.3 is 0 Å². The van der Waals surface area contributed by atoms with Gasteiger partial charge in [-0.25, -0.2) is 4.98 Å². The number of pyridine rings is 1. The molecule has 0 atom stereocenters. The minimum atomic E-state index is 0.749. The number of fused-ring (bicyclic) bond motifs is 4. The van der Waals surface area contributed by atoms with Crippen molar-refractivity contribution < 1.29 is 0 Å². The highest BCUT2D eigenvalue weighted by molar-refractivity contribution is 6.30. The zero-order valence-corrected chi connectivity index (χ0v) is 15.2. The standard InChI is InChI=1S/C25H14ClN/c26-17-13-11-16(12-14-17)23-18-7-1-2-10-21(18)27-25-20-9-4-6-15-5-3-8-19(22(15)20)24(23)25/h1-14H. The lowest BCUT2D eigenvalue weighted by Gasteiger charge is -2.14. The Labute approximate surface area is 161 Å². The van der Waals surface area contributed by atoms with E-state index in [0.29, 0.717) is 0 Å². The summed E-state index contributed by atoms with van der Waals surface area (Å²) >= 11 is 6.16. The van der Waals surface area contributed by atoms with Crippen molar-refractivity contribution in [3.05, 3.63) is 90.0 Å². The molecule has 1 aliphatic rings. The van der Waals surface area contributed by atoms with Crippen molar-refractivity contribution >= 4 is 33.3 Å². The van der Waals surface area contributed by atoms with E-state index >= 15 is 0 Å². The molecule has 1 nitrogen and oxygen atoms in total. The summed E-state index contributed by atoms with van der Waals surface area (Å²) in [5, 5.41) is 4.48. The highest BCUT2D eigenvalue weighted by Gasteiger charge is 2.27. The van der Waals surface area contributed by atoms with Crippen LogP contribution in [-0.2, 0) is 0 Å². The van der Waals surface area contributed by atoms with E-state index in [0.717, 1.165) is 16.2 Å². The van der Waals surface area contributed by atoms with Gasteiger partial charge in [0.25, 0.3) is 0 Å². The molecule has 0 saturated heterocycles. The molecule has 27 heavy (non-hydrogen) atoms. The molecule has 0 saturated carbocycles. The number of hydrogen-bond donors (Lipinski definition) is 0. The van der Waals surface area contributed by atoms with E-state index in [1.54, 1.807) is 0 Å².